The molecular formula is C9H13N3O. The van der Waals surface area contributed by atoms with E-state index in [1.807, 2.05) is 11.7 Å². The topological polar surface area (TPSA) is 46.9 Å². The van der Waals surface area contributed by atoms with Gasteiger partial charge >= 0.3 is 0 Å². The third-order valence-electron chi connectivity index (χ3n) is 2.26. The fourth-order valence-corrected chi connectivity index (χ4v) is 1.57. The molecule has 1 amide bonds. The quantitative estimate of drug-likeness (QED) is 0.742. The molecule has 0 aliphatic heterocycles. The van der Waals surface area contributed by atoms with Crippen LogP contribution in [0, 0.1) is 0 Å². The van der Waals surface area contributed by atoms with Crippen LogP contribution >= 0.6 is 0 Å². The Morgan fingerprint density at radius 1 is 1.69 bits per heavy atom. The number of carbonyl (C=O) groups excluding carboxylic acids is 1. The monoisotopic (exact) mass is 179 g/mol. The van der Waals surface area contributed by atoms with Crippen molar-refractivity contribution >= 4 is 11.6 Å². The van der Waals surface area contributed by atoms with Crippen molar-refractivity contribution in [1.82, 2.24) is 9.78 Å². The second kappa shape index (κ2) is 2.87. The Hall–Kier alpha value is -1.32. The average Bonchev–Trinajstić information content (AvgIpc) is 2.79. The molecule has 0 radical (unpaired) electrons. The first-order valence-corrected chi connectivity index (χ1v) is 4.48. The van der Waals surface area contributed by atoms with Crippen molar-refractivity contribution in [3.63, 3.8) is 0 Å². The van der Waals surface area contributed by atoms with Gasteiger partial charge in [0.05, 0.1) is 17.6 Å². The summed E-state index contributed by atoms with van der Waals surface area (Å²) < 4.78 is 1.85. The van der Waals surface area contributed by atoms with Gasteiger partial charge in [-0.1, -0.05) is 0 Å². The van der Waals surface area contributed by atoms with Gasteiger partial charge in [0.25, 0.3) is 0 Å². The molecule has 1 saturated carbocycles. The normalized spacial score (nSPS) is 15.8. The molecule has 2 rings (SSSR count). The van der Waals surface area contributed by atoms with Crippen LogP contribution < -0.4 is 5.32 Å². The van der Waals surface area contributed by atoms with Crippen molar-refractivity contribution in [2.45, 2.75) is 25.7 Å². The van der Waals surface area contributed by atoms with E-state index in [1.165, 1.54) is 19.8 Å². The molecule has 1 fully saturated rings. The van der Waals surface area contributed by atoms with Gasteiger partial charge in [-0.15, -0.1) is 0 Å². The number of amides is 1. The van der Waals surface area contributed by atoms with E-state index in [2.05, 4.69) is 10.4 Å². The first kappa shape index (κ1) is 8.29. The highest BCUT2D eigenvalue weighted by Gasteiger charge is 2.29. The molecule has 0 saturated heterocycles. The minimum absolute atomic E-state index is 0.0325. The summed E-state index contributed by atoms with van der Waals surface area (Å²) in [6.07, 6.45) is 4.15. The molecule has 70 valence electrons. The van der Waals surface area contributed by atoms with Crippen molar-refractivity contribution in [2.75, 3.05) is 5.32 Å². The molecule has 1 heterocycles. The van der Waals surface area contributed by atoms with E-state index in [4.69, 9.17) is 0 Å². The first-order valence-electron chi connectivity index (χ1n) is 4.48. The standard InChI is InChI=1S/C9H13N3O/c1-6(13)11-8-5-10-12(2)9(8)7-3-4-7/h5,7H,3-4H2,1-2H3,(H,11,13). The van der Waals surface area contributed by atoms with Crippen LogP contribution in [0.1, 0.15) is 31.4 Å². The maximum Gasteiger partial charge on any atom is 0.221 e. The molecule has 1 aliphatic carbocycles. The fraction of sp³-hybridized carbons (Fsp3) is 0.556. The number of carbonyl (C=O) groups is 1. The molecule has 0 bridgehead atoms. The van der Waals surface area contributed by atoms with Gasteiger partial charge in [-0.2, -0.15) is 5.10 Å². The fourth-order valence-electron chi connectivity index (χ4n) is 1.57. The number of aryl methyl sites for hydroxylation is 1. The van der Waals surface area contributed by atoms with Crippen molar-refractivity contribution in [3.8, 4) is 0 Å². The molecule has 0 unspecified atom stereocenters. The Kier molecular flexibility index (Phi) is 1.83. The summed E-state index contributed by atoms with van der Waals surface area (Å²) in [5, 5.41) is 6.93. The minimum Gasteiger partial charge on any atom is -0.323 e. The van der Waals surface area contributed by atoms with E-state index in [0.717, 1.165) is 11.4 Å². The van der Waals surface area contributed by atoms with Gasteiger partial charge in [0.1, 0.15) is 0 Å². The summed E-state index contributed by atoms with van der Waals surface area (Å²) in [5.74, 6) is 0.573. The summed E-state index contributed by atoms with van der Waals surface area (Å²) >= 11 is 0. The molecule has 0 spiro atoms. The van der Waals surface area contributed by atoms with Gasteiger partial charge in [-0.3, -0.25) is 9.48 Å². The lowest BCUT2D eigenvalue weighted by Gasteiger charge is -2.03. The van der Waals surface area contributed by atoms with Crippen LogP contribution in [0.2, 0.25) is 0 Å². The lowest BCUT2D eigenvalue weighted by molar-refractivity contribution is -0.114. The van der Waals surface area contributed by atoms with Gasteiger partial charge in [-0.05, 0) is 12.8 Å². The lowest BCUT2D eigenvalue weighted by atomic mass is 10.2. The predicted octanol–water partition coefficient (Wildman–Crippen LogP) is 1.26. The van der Waals surface area contributed by atoms with Crippen molar-refractivity contribution in [2.24, 2.45) is 7.05 Å². The van der Waals surface area contributed by atoms with Gasteiger partial charge < -0.3 is 5.32 Å². The number of anilines is 1. The van der Waals surface area contributed by atoms with E-state index in [0.29, 0.717) is 5.92 Å². The van der Waals surface area contributed by atoms with Crippen molar-refractivity contribution in [3.05, 3.63) is 11.9 Å². The number of nitrogens with zero attached hydrogens (tertiary/aromatic N) is 2. The van der Waals surface area contributed by atoms with Crippen LogP contribution in [0.3, 0.4) is 0 Å². The molecule has 1 N–H and O–H groups in total. The summed E-state index contributed by atoms with van der Waals surface area (Å²) in [7, 11) is 1.92. The first-order chi connectivity index (χ1) is 6.18. The molecule has 4 nitrogen and oxygen atoms in total. The number of nitrogens with one attached hydrogen (secondary N) is 1. The number of hydrogen-bond acceptors (Lipinski definition) is 2. The van der Waals surface area contributed by atoms with Crippen LogP contribution in [0.5, 0.6) is 0 Å². The zero-order valence-electron chi connectivity index (χ0n) is 7.87. The largest absolute Gasteiger partial charge is 0.323 e. The Labute approximate surface area is 76.9 Å². The number of aromatic nitrogens is 2. The zero-order valence-corrected chi connectivity index (χ0v) is 7.87. The zero-order chi connectivity index (χ0) is 9.42. The molecule has 1 aromatic heterocycles. The molecule has 1 aromatic rings. The van der Waals surface area contributed by atoms with Crippen molar-refractivity contribution < 1.29 is 4.79 Å². The van der Waals surface area contributed by atoms with E-state index in [-0.39, 0.29) is 5.91 Å². The van der Waals surface area contributed by atoms with Gasteiger partial charge in [0.2, 0.25) is 5.91 Å². The van der Waals surface area contributed by atoms with Crippen LogP contribution in [-0.4, -0.2) is 15.7 Å². The highest BCUT2D eigenvalue weighted by Crippen LogP contribution is 2.42. The summed E-state index contributed by atoms with van der Waals surface area (Å²) in [6, 6.07) is 0. The maximum absolute atomic E-state index is 10.9. The second-order valence-electron chi connectivity index (χ2n) is 3.52. The Balaban J connectivity index is 2.28. The molecule has 13 heavy (non-hydrogen) atoms. The smallest absolute Gasteiger partial charge is 0.221 e. The van der Waals surface area contributed by atoms with Crippen molar-refractivity contribution in [1.29, 1.82) is 0 Å². The van der Waals surface area contributed by atoms with E-state index in [1.54, 1.807) is 6.20 Å². The van der Waals surface area contributed by atoms with E-state index in [9.17, 15) is 4.79 Å². The summed E-state index contributed by atoms with van der Waals surface area (Å²) in [4.78, 5) is 10.9. The van der Waals surface area contributed by atoms with E-state index < -0.39 is 0 Å². The molecule has 4 heteroatoms. The van der Waals surface area contributed by atoms with Crippen LogP contribution in [-0.2, 0) is 11.8 Å². The highest BCUT2D eigenvalue weighted by atomic mass is 16.1. The van der Waals surface area contributed by atoms with Crippen LogP contribution in [0.4, 0.5) is 5.69 Å². The van der Waals surface area contributed by atoms with Gasteiger partial charge in [-0.25, -0.2) is 0 Å². The predicted molar refractivity (Wildman–Crippen MR) is 49.5 cm³/mol. The Morgan fingerprint density at radius 3 is 2.92 bits per heavy atom. The van der Waals surface area contributed by atoms with Crippen LogP contribution in [0.15, 0.2) is 6.20 Å². The molecule has 1 aliphatic rings. The summed E-state index contributed by atoms with van der Waals surface area (Å²) in [6.45, 7) is 1.52. The Morgan fingerprint density at radius 2 is 2.38 bits per heavy atom. The maximum atomic E-state index is 10.9. The third-order valence-corrected chi connectivity index (χ3v) is 2.26. The lowest BCUT2D eigenvalue weighted by Crippen LogP contribution is -2.07. The number of rotatable bonds is 2. The summed E-state index contributed by atoms with van der Waals surface area (Å²) in [5.41, 5.74) is 2.03. The minimum atomic E-state index is -0.0325. The van der Waals surface area contributed by atoms with E-state index >= 15 is 0 Å². The second-order valence-corrected chi connectivity index (χ2v) is 3.52. The van der Waals surface area contributed by atoms with Gasteiger partial charge in [0.15, 0.2) is 0 Å². The molecule has 0 atom stereocenters. The Bertz CT molecular complexity index is 339. The molecule has 0 aromatic carbocycles. The SMILES string of the molecule is CC(=O)Nc1cnn(C)c1C1CC1. The average molecular weight is 179 g/mol. The van der Waals surface area contributed by atoms with Gasteiger partial charge in [0, 0.05) is 19.9 Å². The highest BCUT2D eigenvalue weighted by molar-refractivity contribution is 5.89. The number of hydrogen-bond donors (Lipinski definition) is 1. The molecular weight excluding hydrogens is 166 g/mol. The van der Waals surface area contributed by atoms with Crippen LogP contribution in [0.25, 0.3) is 0 Å². The third kappa shape index (κ3) is 1.56.